The number of carbonyl (C=O) groups excluding carboxylic acids is 1. The van der Waals surface area contributed by atoms with Crippen LogP contribution >= 0.6 is 27.5 Å². The zero-order valence-electron chi connectivity index (χ0n) is 18.7. The van der Waals surface area contributed by atoms with Gasteiger partial charge < -0.3 is 14.8 Å². The normalized spacial score (nSPS) is 11.1. The standard InChI is InChI=1S/C28H20BrClN2O3/c1-34-26-14-18(12-21(16-31)28(33)32-23-10-5-9-22(30)15-23)13-25(29)27(26)35-17-20-8-4-7-19-6-2-3-11-24(19)20/h2-15H,17H2,1H3,(H,32,33)/b21-12+. The van der Waals surface area contributed by atoms with Gasteiger partial charge in [0.15, 0.2) is 11.5 Å². The van der Waals surface area contributed by atoms with Crippen LogP contribution in [-0.2, 0) is 11.4 Å². The van der Waals surface area contributed by atoms with Crippen molar-refractivity contribution < 1.29 is 14.3 Å². The zero-order chi connectivity index (χ0) is 24.8. The van der Waals surface area contributed by atoms with Gasteiger partial charge in [-0.25, -0.2) is 0 Å². The second-order valence-electron chi connectivity index (χ2n) is 7.60. The third-order valence-electron chi connectivity index (χ3n) is 5.26. The molecule has 0 atom stereocenters. The second kappa shape index (κ2) is 11.1. The predicted octanol–water partition coefficient (Wildman–Crippen LogP) is 7.39. The van der Waals surface area contributed by atoms with Gasteiger partial charge in [0.2, 0.25) is 0 Å². The van der Waals surface area contributed by atoms with E-state index < -0.39 is 5.91 Å². The molecule has 0 saturated carbocycles. The van der Waals surface area contributed by atoms with Crippen LogP contribution in [0.25, 0.3) is 16.8 Å². The number of fused-ring (bicyclic) bond motifs is 1. The summed E-state index contributed by atoms with van der Waals surface area (Å²) >= 11 is 9.51. The Kier molecular flexibility index (Phi) is 7.71. The van der Waals surface area contributed by atoms with Crippen LogP contribution in [0.15, 0.2) is 88.9 Å². The van der Waals surface area contributed by atoms with Crippen molar-refractivity contribution >= 4 is 56.0 Å². The first-order valence-electron chi connectivity index (χ1n) is 10.6. The van der Waals surface area contributed by atoms with Crippen molar-refractivity contribution in [3.8, 4) is 17.6 Å². The Hall–Kier alpha value is -3.79. The average Bonchev–Trinajstić information content (AvgIpc) is 2.86. The summed E-state index contributed by atoms with van der Waals surface area (Å²) in [5.41, 5.74) is 2.08. The Morgan fingerprint density at radius 2 is 1.86 bits per heavy atom. The summed E-state index contributed by atoms with van der Waals surface area (Å²) in [6, 6.07) is 26.4. The highest BCUT2D eigenvalue weighted by atomic mass is 79.9. The SMILES string of the molecule is COc1cc(/C=C(\C#N)C(=O)Nc2cccc(Cl)c2)cc(Br)c1OCc1cccc2ccccc12. The Morgan fingerprint density at radius 1 is 1.09 bits per heavy atom. The molecular weight excluding hydrogens is 528 g/mol. The molecule has 0 fully saturated rings. The number of nitrogens with zero attached hydrogens (tertiary/aromatic N) is 1. The highest BCUT2D eigenvalue weighted by Crippen LogP contribution is 2.38. The fraction of sp³-hybridized carbons (Fsp3) is 0.0714. The van der Waals surface area contributed by atoms with Crippen LogP contribution in [0.3, 0.4) is 0 Å². The summed E-state index contributed by atoms with van der Waals surface area (Å²) in [5.74, 6) is 0.457. The predicted molar refractivity (Wildman–Crippen MR) is 143 cm³/mol. The summed E-state index contributed by atoms with van der Waals surface area (Å²) in [6.45, 7) is 0.344. The summed E-state index contributed by atoms with van der Waals surface area (Å²) in [4.78, 5) is 12.6. The Morgan fingerprint density at radius 3 is 2.63 bits per heavy atom. The first-order chi connectivity index (χ1) is 17.0. The number of rotatable bonds is 7. The monoisotopic (exact) mass is 546 g/mol. The highest BCUT2D eigenvalue weighted by Gasteiger charge is 2.15. The molecule has 5 nitrogen and oxygen atoms in total. The van der Waals surface area contributed by atoms with Gasteiger partial charge in [-0.1, -0.05) is 60.1 Å². The number of nitrogens with one attached hydrogen (secondary N) is 1. The van der Waals surface area contributed by atoms with Gasteiger partial charge in [-0.2, -0.15) is 5.26 Å². The van der Waals surface area contributed by atoms with E-state index in [1.54, 1.807) is 36.4 Å². The van der Waals surface area contributed by atoms with Crippen LogP contribution in [0.1, 0.15) is 11.1 Å². The van der Waals surface area contributed by atoms with Crippen LogP contribution in [-0.4, -0.2) is 13.0 Å². The van der Waals surface area contributed by atoms with E-state index in [1.165, 1.54) is 13.2 Å². The summed E-state index contributed by atoms with van der Waals surface area (Å²) in [5, 5.41) is 15.0. The van der Waals surface area contributed by atoms with Gasteiger partial charge in [-0.15, -0.1) is 0 Å². The van der Waals surface area contributed by atoms with Gasteiger partial charge in [-0.05, 0) is 74.2 Å². The molecule has 1 amide bonds. The Balaban J connectivity index is 1.57. The molecule has 7 heteroatoms. The number of methoxy groups -OCH3 is 1. The first-order valence-corrected chi connectivity index (χ1v) is 11.8. The third kappa shape index (κ3) is 5.83. The van der Waals surface area contributed by atoms with Crippen LogP contribution in [0.4, 0.5) is 5.69 Å². The van der Waals surface area contributed by atoms with Crippen molar-refractivity contribution in [3.63, 3.8) is 0 Å². The van der Waals surface area contributed by atoms with E-state index in [1.807, 2.05) is 30.3 Å². The number of halogens is 2. The molecule has 0 aromatic heterocycles. The van der Waals surface area contributed by atoms with Crippen molar-refractivity contribution in [2.45, 2.75) is 6.61 Å². The third-order valence-corrected chi connectivity index (χ3v) is 6.09. The van der Waals surface area contributed by atoms with Crippen molar-refractivity contribution in [2.75, 3.05) is 12.4 Å². The Labute approximate surface area is 216 Å². The minimum absolute atomic E-state index is 0.0663. The van der Waals surface area contributed by atoms with E-state index in [0.717, 1.165) is 16.3 Å². The van der Waals surface area contributed by atoms with Gasteiger partial charge >= 0.3 is 0 Å². The lowest BCUT2D eigenvalue weighted by molar-refractivity contribution is -0.112. The van der Waals surface area contributed by atoms with E-state index in [4.69, 9.17) is 21.1 Å². The molecule has 0 saturated heterocycles. The Bertz CT molecular complexity index is 1470. The van der Waals surface area contributed by atoms with Gasteiger partial charge in [0.25, 0.3) is 5.91 Å². The average molecular weight is 548 g/mol. The number of carbonyl (C=O) groups is 1. The molecule has 1 N–H and O–H groups in total. The molecule has 35 heavy (non-hydrogen) atoms. The minimum atomic E-state index is -0.541. The number of hydrogen-bond donors (Lipinski definition) is 1. The quantitative estimate of drug-likeness (QED) is 0.193. The lowest BCUT2D eigenvalue weighted by Crippen LogP contribution is -2.13. The van der Waals surface area contributed by atoms with Gasteiger partial charge in [0.1, 0.15) is 18.2 Å². The molecule has 0 spiro atoms. The zero-order valence-corrected chi connectivity index (χ0v) is 21.1. The van der Waals surface area contributed by atoms with Gasteiger partial charge in [-0.3, -0.25) is 4.79 Å². The van der Waals surface area contributed by atoms with E-state index in [9.17, 15) is 10.1 Å². The van der Waals surface area contributed by atoms with Gasteiger partial charge in [0, 0.05) is 10.7 Å². The summed E-state index contributed by atoms with van der Waals surface area (Å²) < 4.78 is 12.3. The maximum absolute atomic E-state index is 12.6. The summed E-state index contributed by atoms with van der Waals surface area (Å²) in [6.07, 6.45) is 1.49. The molecular formula is C28H20BrClN2O3. The van der Waals surface area contributed by atoms with Crippen LogP contribution < -0.4 is 14.8 Å². The largest absolute Gasteiger partial charge is 0.493 e. The van der Waals surface area contributed by atoms with Gasteiger partial charge in [0.05, 0.1) is 11.6 Å². The molecule has 4 aromatic rings. The van der Waals surface area contributed by atoms with Crippen LogP contribution in [0.2, 0.25) is 5.02 Å². The second-order valence-corrected chi connectivity index (χ2v) is 8.89. The molecule has 4 aromatic carbocycles. The number of anilines is 1. The van der Waals surface area contributed by atoms with Crippen molar-refractivity contribution in [3.05, 3.63) is 105 Å². The fourth-order valence-electron chi connectivity index (χ4n) is 3.61. The smallest absolute Gasteiger partial charge is 0.266 e. The number of ether oxygens (including phenoxy) is 2. The number of hydrogen-bond acceptors (Lipinski definition) is 4. The molecule has 0 unspecified atom stereocenters. The molecule has 0 aliphatic carbocycles. The van der Waals surface area contributed by atoms with Crippen molar-refractivity contribution in [1.82, 2.24) is 0 Å². The molecule has 174 valence electrons. The minimum Gasteiger partial charge on any atom is -0.493 e. The topological polar surface area (TPSA) is 71.3 Å². The number of benzene rings is 4. The van der Waals surface area contributed by atoms with E-state index >= 15 is 0 Å². The molecule has 0 heterocycles. The molecule has 0 radical (unpaired) electrons. The molecule has 0 aliphatic rings. The maximum atomic E-state index is 12.6. The number of nitriles is 1. The maximum Gasteiger partial charge on any atom is 0.266 e. The van der Waals surface area contributed by atoms with Crippen LogP contribution in [0.5, 0.6) is 11.5 Å². The van der Waals surface area contributed by atoms with E-state index in [2.05, 4.69) is 39.4 Å². The lowest BCUT2D eigenvalue weighted by atomic mass is 10.1. The molecule has 0 bridgehead atoms. The number of amides is 1. The highest BCUT2D eigenvalue weighted by molar-refractivity contribution is 9.10. The molecule has 4 rings (SSSR count). The van der Waals surface area contributed by atoms with Crippen molar-refractivity contribution in [1.29, 1.82) is 5.26 Å². The van der Waals surface area contributed by atoms with Crippen LogP contribution in [0, 0.1) is 11.3 Å². The summed E-state index contributed by atoms with van der Waals surface area (Å²) in [7, 11) is 1.54. The first kappa shape index (κ1) is 24.3. The molecule has 0 aliphatic heterocycles. The van der Waals surface area contributed by atoms with Crippen molar-refractivity contribution in [2.24, 2.45) is 0 Å². The van der Waals surface area contributed by atoms with E-state index in [-0.39, 0.29) is 5.57 Å². The lowest BCUT2D eigenvalue weighted by Gasteiger charge is -2.15. The fourth-order valence-corrected chi connectivity index (χ4v) is 4.38. The van der Waals surface area contributed by atoms with E-state index in [0.29, 0.717) is 38.9 Å².